The molecule has 2 aromatic rings. The lowest BCUT2D eigenvalue weighted by molar-refractivity contribution is -0.179. The van der Waals surface area contributed by atoms with Crippen LogP contribution in [-0.2, 0) is 16.6 Å². The van der Waals surface area contributed by atoms with Gasteiger partial charge in [-0.1, -0.05) is 60.1 Å². The number of benzene rings is 1. The lowest BCUT2D eigenvalue weighted by Gasteiger charge is -2.70. The van der Waals surface area contributed by atoms with Crippen LogP contribution in [-0.4, -0.2) is 16.1 Å². The number of aromatic amines is 1. The molecule has 1 heterocycles. The maximum absolute atomic E-state index is 14.5. The van der Waals surface area contributed by atoms with E-state index in [1.807, 2.05) is 6.07 Å². The first kappa shape index (κ1) is 26.8. The number of nitrogens with one attached hydrogen (secondary N) is 1. The molecule has 0 aliphatic heterocycles. The first-order valence-corrected chi connectivity index (χ1v) is 16.0. The molecule has 0 spiro atoms. The average molecular weight is 546 g/mol. The van der Waals surface area contributed by atoms with E-state index < -0.39 is 11.4 Å². The van der Waals surface area contributed by atoms with Crippen molar-refractivity contribution in [2.45, 2.75) is 105 Å². The molecule has 0 amide bonds. The van der Waals surface area contributed by atoms with Gasteiger partial charge in [-0.25, -0.2) is 4.39 Å². The van der Waals surface area contributed by atoms with Crippen LogP contribution in [0.3, 0.4) is 0 Å². The number of aliphatic carboxylic acids is 1. The Kier molecular flexibility index (Phi) is 5.38. The highest BCUT2D eigenvalue weighted by Gasteiger charge is 2.69. The predicted molar refractivity (Wildman–Crippen MR) is 159 cm³/mol. The van der Waals surface area contributed by atoms with Crippen LogP contribution in [0.25, 0.3) is 10.9 Å². The Bertz CT molecular complexity index is 1450. The molecule has 5 aliphatic carbocycles. The van der Waals surface area contributed by atoms with E-state index in [1.165, 1.54) is 29.7 Å². The van der Waals surface area contributed by atoms with Crippen LogP contribution in [0.4, 0.5) is 4.39 Å². The Morgan fingerprint density at radius 2 is 1.75 bits per heavy atom. The van der Waals surface area contributed by atoms with Crippen LogP contribution in [0.5, 0.6) is 0 Å². The van der Waals surface area contributed by atoms with E-state index in [-0.39, 0.29) is 33.4 Å². The van der Waals surface area contributed by atoms with E-state index in [9.17, 15) is 14.3 Å². The van der Waals surface area contributed by atoms with Gasteiger partial charge in [0.1, 0.15) is 5.82 Å². The highest BCUT2D eigenvalue weighted by molar-refractivity contribution is 5.85. The van der Waals surface area contributed by atoms with Gasteiger partial charge < -0.3 is 10.1 Å². The minimum absolute atomic E-state index is 0.00950. The van der Waals surface area contributed by atoms with Crippen LogP contribution in [0.15, 0.2) is 29.8 Å². The van der Waals surface area contributed by atoms with Gasteiger partial charge in [-0.3, -0.25) is 4.79 Å². The first-order valence-electron chi connectivity index (χ1n) is 16.0. The van der Waals surface area contributed by atoms with Crippen LogP contribution in [0.2, 0.25) is 0 Å². The largest absolute Gasteiger partial charge is 0.481 e. The highest BCUT2D eigenvalue weighted by Crippen LogP contribution is 2.75. The monoisotopic (exact) mass is 545 g/mol. The van der Waals surface area contributed by atoms with Gasteiger partial charge in [-0.15, -0.1) is 0 Å². The van der Waals surface area contributed by atoms with Crippen molar-refractivity contribution in [3.05, 3.63) is 46.9 Å². The summed E-state index contributed by atoms with van der Waals surface area (Å²) in [5.41, 5.74) is 4.76. The number of aromatic nitrogens is 1. The van der Waals surface area contributed by atoms with E-state index >= 15 is 0 Å². The molecule has 3 nitrogen and oxygen atoms in total. The minimum atomic E-state index is -0.600. The Morgan fingerprint density at radius 1 is 1.00 bits per heavy atom. The van der Waals surface area contributed by atoms with E-state index in [0.717, 1.165) is 49.4 Å². The quantitative estimate of drug-likeness (QED) is 0.351. The zero-order valence-electron chi connectivity index (χ0n) is 25.6. The topological polar surface area (TPSA) is 53.1 Å². The molecule has 0 unspecified atom stereocenters. The molecule has 4 heteroatoms. The van der Waals surface area contributed by atoms with Crippen LogP contribution >= 0.6 is 0 Å². The Hall–Kier alpha value is -2.10. The summed E-state index contributed by atoms with van der Waals surface area (Å²) in [6.45, 7) is 17.2. The lowest BCUT2D eigenvalue weighted by atomic mass is 9.33. The normalized spacial score (nSPS) is 45.4. The zero-order valence-corrected chi connectivity index (χ0v) is 25.6. The lowest BCUT2D eigenvalue weighted by Crippen LogP contribution is -2.65. The predicted octanol–water partition coefficient (Wildman–Crippen LogP) is 9.06. The summed E-state index contributed by atoms with van der Waals surface area (Å²) >= 11 is 0. The van der Waals surface area contributed by atoms with Gasteiger partial charge in [0.25, 0.3) is 0 Å². The third-order valence-electron chi connectivity index (χ3n) is 14.6. The van der Waals surface area contributed by atoms with Gasteiger partial charge in [0.05, 0.1) is 5.41 Å². The fraction of sp³-hybridized carbons (Fsp3) is 0.694. The number of allylic oxidation sites excluding steroid dienone is 2. The number of H-pyrrole nitrogens is 1. The fourth-order valence-corrected chi connectivity index (χ4v) is 12.2. The fourth-order valence-electron chi connectivity index (χ4n) is 12.2. The second-order valence-corrected chi connectivity index (χ2v) is 16.2. The first-order chi connectivity index (χ1) is 18.7. The second-order valence-electron chi connectivity index (χ2n) is 16.2. The van der Waals surface area contributed by atoms with Crippen molar-refractivity contribution in [2.24, 2.45) is 51.2 Å². The number of carboxylic acids is 1. The van der Waals surface area contributed by atoms with Crippen molar-refractivity contribution in [1.82, 2.24) is 4.98 Å². The third kappa shape index (κ3) is 2.99. The molecule has 40 heavy (non-hydrogen) atoms. The van der Waals surface area contributed by atoms with Crippen LogP contribution < -0.4 is 0 Å². The standard InChI is InChI=1S/C36H48FNO2/c1-20-12-15-36(31(39)40)17-16-34(6)25(29(36)21(20)2)9-11-28-33(5)19-24-23-18-22(37)8-10-26(23)38-30(24)32(3,4)27(33)13-14-35(28,34)7/h8-10,18,20-21,27-29,38H,11-17,19H2,1-7H3,(H,39,40)/t20-,21+,27+,28-,29+,33+,34-,35-,36+/m1/s1. The van der Waals surface area contributed by atoms with E-state index in [1.54, 1.807) is 12.1 Å². The minimum Gasteiger partial charge on any atom is -0.481 e. The Labute approximate surface area is 239 Å². The summed E-state index contributed by atoms with van der Waals surface area (Å²) in [6, 6.07) is 5.23. The Balaban J connectivity index is 1.37. The summed E-state index contributed by atoms with van der Waals surface area (Å²) in [7, 11) is 0. The molecule has 7 rings (SSSR count). The SMILES string of the molecule is C[C@H]1[C@H](C)CC[C@]2(C(=O)O)CC[C@]3(C)C(=CC[C@@H]4[C@@]5(C)Cc6c([nH]c7ccc(F)cc67)C(C)(C)[C@@H]5CC[C@]43C)[C@H]12. The van der Waals surface area contributed by atoms with Gasteiger partial charge in [0.15, 0.2) is 0 Å². The van der Waals surface area contributed by atoms with Crippen molar-refractivity contribution in [2.75, 3.05) is 0 Å². The maximum atomic E-state index is 14.5. The molecular formula is C36H48FNO2. The van der Waals surface area contributed by atoms with Crippen LogP contribution in [0, 0.1) is 57.1 Å². The highest BCUT2D eigenvalue weighted by atomic mass is 19.1. The molecule has 216 valence electrons. The van der Waals surface area contributed by atoms with E-state index in [0.29, 0.717) is 23.7 Å². The number of carboxylic acid groups (broad SMARTS) is 1. The van der Waals surface area contributed by atoms with Crippen molar-refractivity contribution in [1.29, 1.82) is 0 Å². The molecule has 3 fully saturated rings. The summed E-state index contributed by atoms with van der Waals surface area (Å²) in [4.78, 5) is 16.7. The molecule has 0 radical (unpaired) electrons. The van der Waals surface area contributed by atoms with Crippen LogP contribution in [0.1, 0.15) is 105 Å². The molecule has 5 aliphatic rings. The van der Waals surface area contributed by atoms with Crippen molar-refractivity contribution in [3.8, 4) is 0 Å². The maximum Gasteiger partial charge on any atom is 0.310 e. The number of hydrogen-bond donors (Lipinski definition) is 2. The zero-order chi connectivity index (χ0) is 28.6. The molecule has 0 saturated heterocycles. The molecule has 3 saturated carbocycles. The molecule has 2 N–H and O–H groups in total. The number of rotatable bonds is 1. The summed E-state index contributed by atoms with van der Waals surface area (Å²) in [6.07, 6.45) is 10.6. The van der Waals surface area contributed by atoms with Gasteiger partial charge in [0.2, 0.25) is 0 Å². The van der Waals surface area contributed by atoms with Gasteiger partial charge in [-0.05, 0) is 121 Å². The van der Waals surface area contributed by atoms with Crippen molar-refractivity contribution in [3.63, 3.8) is 0 Å². The molecular weight excluding hydrogens is 497 g/mol. The molecule has 1 aromatic heterocycles. The molecule has 0 bridgehead atoms. The van der Waals surface area contributed by atoms with E-state index in [4.69, 9.17) is 0 Å². The molecule has 1 aromatic carbocycles. The third-order valence-corrected chi connectivity index (χ3v) is 14.6. The number of carbonyl (C=O) groups is 1. The average Bonchev–Trinajstić information content (AvgIpc) is 3.24. The van der Waals surface area contributed by atoms with Gasteiger partial charge >= 0.3 is 5.97 Å². The summed E-state index contributed by atoms with van der Waals surface area (Å²) < 4.78 is 14.5. The van der Waals surface area contributed by atoms with Gasteiger partial charge in [0, 0.05) is 22.0 Å². The number of fused-ring (bicyclic) bond motifs is 10. The summed E-state index contributed by atoms with van der Waals surface area (Å²) in [5.74, 6) is 1.41. The number of halogens is 1. The Morgan fingerprint density at radius 3 is 2.48 bits per heavy atom. The van der Waals surface area contributed by atoms with Gasteiger partial charge in [-0.2, -0.15) is 0 Å². The van der Waals surface area contributed by atoms with Crippen molar-refractivity contribution < 1.29 is 14.3 Å². The summed E-state index contributed by atoms with van der Waals surface area (Å²) in [5, 5.41) is 11.7. The number of hydrogen-bond acceptors (Lipinski definition) is 1. The van der Waals surface area contributed by atoms with Crippen molar-refractivity contribution >= 4 is 16.9 Å². The molecule has 9 atom stereocenters. The van der Waals surface area contributed by atoms with E-state index in [2.05, 4.69) is 59.5 Å². The second kappa shape index (κ2) is 8.04. The smallest absolute Gasteiger partial charge is 0.310 e.